The average Bonchev–Trinajstić information content (AvgIpc) is 1.12. The third kappa shape index (κ3) is 72.4. The first-order chi connectivity index (χ1) is 47.7. The lowest BCUT2D eigenvalue weighted by molar-refractivity contribution is -0.161. The fourth-order valence-electron chi connectivity index (χ4n) is 12.3. The van der Waals surface area contributed by atoms with Gasteiger partial charge in [-0.25, -0.2) is 9.13 Å². The second-order valence-electron chi connectivity index (χ2n) is 28.5. The summed E-state index contributed by atoms with van der Waals surface area (Å²) in [5.41, 5.74) is 0. The summed E-state index contributed by atoms with van der Waals surface area (Å²) < 4.78 is 68.6. The van der Waals surface area contributed by atoms with Gasteiger partial charge in [0.1, 0.15) is 19.3 Å². The van der Waals surface area contributed by atoms with Crippen LogP contribution < -0.4 is 0 Å². The van der Waals surface area contributed by atoms with E-state index in [0.29, 0.717) is 25.7 Å². The molecule has 0 saturated heterocycles. The Balaban J connectivity index is 5.20. The summed E-state index contributed by atoms with van der Waals surface area (Å²) in [6, 6.07) is 0. The van der Waals surface area contributed by atoms with Crippen molar-refractivity contribution in [1.82, 2.24) is 0 Å². The van der Waals surface area contributed by atoms with Gasteiger partial charge in [-0.15, -0.1) is 0 Å². The van der Waals surface area contributed by atoms with E-state index < -0.39 is 97.5 Å². The summed E-state index contributed by atoms with van der Waals surface area (Å²) >= 11 is 0. The molecule has 98 heavy (non-hydrogen) atoms. The molecule has 3 N–H and O–H groups in total. The van der Waals surface area contributed by atoms with Crippen LogP contribution in [0.25, 0.3) is 0 Å². The lowest BCUT2D eigenvalue weighted by Crippen LogP contribution is -2.30. The van der Waals surface area contributed by atoms with E-state index in [1.165, 1.54) is 257 Å². The van der Waals surface area contributed by atoms with Crippen LogP contribution in [0.2, 0.25) is 0 Å². The molecular formula is C79H154O17P2. The van der Waals surface area contributed by atoms with Gasteiger partial charge in [-0.3, -0.25) is 37.3 Å². The van der Waals surface area contributed by atoms with Crippen molar-refractivity contribution in [2.24, 2.45) is 0 Å². The number of rotatable bonds is 80. The second kappa shape index (κ2) is 73.4. The second-order valence-corrected chi connectivity index (χ2v) is 31.4. The Morgan fingerprint density at radius 3 is 0.602 bits per heavy atom. The van der Waals surface area contributed by atoms with E-state index in [0.717, 1.165) is 89.9 Å². The standard InChI is InChI=1S/C79H154O17P2/c1-5-9-13-17-21-25-29-31-33-34-35-36-37-38-40-42-46-50-54-58-62-66-79(84)96-75(70-90-77(82)64-60-56-52-48-45-41-39-32-30-26-22-18-14-10-6-2)72-94-98(87,88)92-68-73(80)67-91-97(85,86)93-71-74(95-78(83)65-61-57-53-49-44-28-24-20-16-12-8-4)69-89-76(81)63-59-55-51-47-43-27-23-19-15-11-7-3/h73-75,80H,5-72H2,1-4H3,(H,85,86)(H,87,88)/t73-,74+,75+/m0/s1. The molecule has 2 unspecified atom stereocenters. The van der Waals surface area contributed by atoms with E-state index in [1.54, 1.807) is 0 Å². The lowest BCUT2D eigenvalue weighted by atomic mass is 10.0. The third-order valence-corrected chi connectivity index (χ3v) is 20.5. The Hall–Kier alpha value is -1.94. The first-order valence-corrected chi connectivity index (χ1v) is 44.3. The van der Waals surface area contributed by atoms with Crippen molar-refractivity contribution in [2.45, 2.75) is 444 Å². The molecule has 0 aliphatic carbocycles. The van der Waals surface area contributed by atoms with E-state index in [4.69, 9.17) is 37.0 Å². The summed E-state index contributed by atoms with van der Waals surface area (Å²) in [4.78, 5) is 72.9. The minimum atomic E-state index is -4.96. The van der Waals surface area contributed by atoms with Crippen LogP contribution in [0.3, 0.4) is 0 Å². The van der Waals surface area contributed by atoms with Crippen LogP contribution in [0.4, 0.5) is 0 Å². The SMILES string of the molecule is CCCCCCCCCCCCCCCCCCCCCCCC(=O)O[C@H](COC(=O)CCCCCCCCCCCCCCCCC)COP(=O)(O)OC[C@@H](O)COP(=O)(O)OC[C@@H](COC(=O)CCCCCCCCCCCCC)OC(=O)CCCCCCCCCCCCC. The third-order valence-electron chi connectivity index (χ3n) is 18.6. The molecule has 0 aliphatic rings. The Morgan fingerprint density at radius 1 is 0.245 bits per heavy atom. The molecule has 0 saturated carbocycles. The van der Waals surface area contributed by atoms with Crippen LogP contribution in [-0.2, 0) is 65.4 Å². The first kappa shape index (κ1) is 96.1. The predicted octanol–water partition coefficient (Wildman–Crippen LogP) is 23.8. The predicted molar refractivity (Wildman–Crippen MR) is 400 cm³/mol. The average molecular weight is 1440 g/mol. The van der Waals surface area contributed by atoms with E-state index in [-0.39, 0.29) is 25.7 Å². The molecule has 17 nitrogen and oxygen atoms in total. The van der Waals surface area contributed by atoms with Gasteiger partial charge in [-0.2, -0.15) is 0 Å². The van der Waals surface area contributed by atoms with Crippen LogP contribution in [0, 0.1) is 0 Å². The number of ether oxygens (including phenoxy) is 4. The lowest BCUT2D eigenvalue weighted by Gasteiger charge is -2.21. The number of phosphoric acid groups is 2. The van der Waals surface area contributed by atoms with Crippen LogP contribution in [0.1, 0.15) is 426 Å². The number of aliphatic hydroxyl groups is 1. The summed E-state index contributed by atoms with van der Waals surface area (Å²) in [5, 5.41) is 10.6. The molecule has 0 bridgehead atoms. The van der Waals surface area contributed by atoms with E-state index in [1.807, 2.05) is 0 Å². The molecule has 0 fully saturated rings. The Morgan fingerprint density at radius 2 is 0.408 bits per heavy atom. The minimum absolute atomic E-state index is 0.108. The van der Waals surface area contributed by atoms with Crippen LogP contribution in [0.5, 0.6) is 0 Å². The number of carbonyl (C=O) groups is 4. The van der Waals surface area contributed by atoms with Crippen molar-refractivity contribution in [1.29, 1.82) is 0 Å². The highest BCUT2D eigenvalue weighted by atomic mass is 31.2. The van der Waals surface area contributed by atoms with Crippen molar-refractivity contribution in [3.63, 3.8) is 0 Å². The number of hydrogen-bond donors (Lipinski definition) is 3. The fraction of sp³-hybridized carbons (Fsp3) is 0.949. The maximum absolute atomic E-state index is 13.1. The number of phosphoric ester groups is 2. The van der Waals surface area contributed by atoms with E-state index in [2.05, 4.69) is 27.7 Å². The number of hydrogen-bond acceptors (Lipinski definition) is 15. The van der Waals surface area contributed by atoms with Gasteiger partial charge in [0, 0.05) is 25.7 Å². The van der Waals surface area contributed by atoms with Gasteiger partial charge < -0.3 is 33.8 Å². The first-order valence-electron chi connectivity index (χ1n) is 41.3. The van der Waals surface area contributed by atoms with Gasteiger partial charge in [0.2, 0.25) is 0 Å². The highest BCUT2D eigenvalue weighted by Gasteiger charge is 2.30. The quantitative estimate of drug-likeness (QED) is 0.0222. The van der Waals surface area contributed by atoms with Crippen LogP contribution >= 0.6 is 15.6 Å². The zero-order chi connectivity index (χ0) is 71.8. The molecule has 0 aromatic rings. The van der Waals surface area contributed by atoms with Crippen molar-refractivity contribution >= 4 is 39.5 Å². The summed E-state index contributed by atoms with van der Waals surface area (Å²) in [5.74, 6) is -2.11. The van der Waals surface area contributed by atoms with Gasteiger partial charge in [0.15, 0.2) is 12.2 Å². The largest absolute Gasteiger partial charge is 0.472 e. The molecular weight excluding hydrogens is 1280 g/mol. The monoisotopic (exact) mass is 1440 g/mol. The fourth-order valence-corrected chi connectivity index (χ4v) is 13.9. The summed E-state index contributed by atoms with van der Waals surface area (Å²) in [6.45, 7) is 5.00. The number of aliphatic hydroxyl groups excluding tert-OH is 1. The van der Waals surface area contributed by atoms with E-state index in [9.17, 15) is 43.2 Å². The maximum Gasteiger partial charge on any atom is 0.472 e. The molecule has 0 spiro atoms. The Kier molecular flexibility index (Phi) is 71.9. The molecule has 0 amide bonds. The number of carbonyl (C=O) groups excluding carboxylic acids is 4. The van der Waals surface area contributed by atoms with Crippen molar-refractivity contribution in [2.75, 3.05) is 39.6 Å². The van der Waals surface area contributed by atoms with Crippen LogP contribution in [-0.4, -0.2) is 96.7 Å². The van der Waals surface area contributed by atoms with Crippen molar-refractivity contribution < 1.29 is 80.2 Å². The Labute approximate surface area is 600 Å². The molecule has 582 valence electrons. The highest BCUT2D eigenvalue weighted by Crippen LogP contribution is 2.45. The number of unbranched alkanes of at least 4 members (excludes halogenated alkanes) is 54. The molecule has 19 heteroatoms. The molecule has 0 aromatic heterocycles. The smallest absolute Gasteiger partial charge is 0.462 e. The molecule has 0 aliphatic heterocycles. The van der Waals surface area contributed by atoms with Crippen LogP contribution in [0.15, 0.2) is 0 Å². The highest BCUT2D eigenvalue weighted by molar-refractivity contribution is 7.47. The zero-order valence-corrected chi connectivity index (χ0v) is 65.6. The van der Waals surface area contributed by atoms with Gasteiger partial charge in [0.05, 0.1) is 26.4 Å². The minimum Gasteiger partial charge on any atom is -0.462 e. The van der Waals surface area contributed by atoms with Gasteiger partial charge in [-0.05, 0) is 25.7 Å². The topological polar surface area (TPSA) is 237 Å². The summed E-state index contributed by atoms with van der Waals surface area (Å²) in [6.07, 6.45) is 65.2. The molecule has 0 rings (SSSR count). The van der Waals surface area contributed by atoms with Gasteiger partial charge >= 0.3 is 39.5 Å². The molecule has 0 aromatic carbocycles. The molecule has 0 heterocycles. The molecule has 0 radical (unpaired) electrons. The number of esters is 4. The summed E-state index contributed by atoms with van der Waals surface area (Å²) in [7, 11) is -9.91. The Bertz CT molecular complexity index is 1860. The van der Waals surface area contributed by atoms with E-state index >= 15 is 0 Å². The normalized spacial score (nSPS) is 13.8. The van der Waals surface area contributed by atoms with Crippen molar-refractivity contribution in [3.8, 4) is 0 Å². The van der Waals surface area contributed by atoms with Gasteiger partial charge in [0.25, 0.3) is 0 Å². The van der Waals surface area contributed by atoms with Gasteiger partial charge in [-0.1, -0.05) is 374 Å². The molecule has 5 atom stereocenters. The maximum atomic E-state index is 13.1. The zero-order valence-electron chi connectivity index (χ0n) is 63.8. The van der Waals surface area contributed by atoms with Crippen molar-refractivity contribution in [3.05, 3.63) is 0 Å².